The van der Waals surface area contributed by atoms with E-state index in [2.05, 4.69) is 21.2 Å². The zero-order valence-electron chi connectivity index (χ0n) is 13.8. The summed E-state index contributed by atoms with van der Waals surface area (Å²) in [5.41, 5.74) is 1.92. The van der Waals surface area contributed by atoms with Crippen LogP contribution in [-0.2, 0) is 0 Å². The van der Waals surface area contributed by atoms with Crippen LogP contribution in [0.3, 0.4) is 0 Å². The average Bonchev–Trinajstić information content (AvgIpc) is 2.61. The van der Waals surface area contributed by atoms with E-state index in [1.807, 2.05) is 30.3 Å². The molecule has 0 spiro atoms. The van der Waals surface area contributed by atoms with E-state index in [4.69, 9.17) is 40.2 Å². The number of nitrogens with one attached hydrogen (secondary N) is 1. The zero-order valence-corrected chi connectivity index (χ0v) is 16.2. The third-order valence-electron chi connectivity index (χ3n) is 4.11. The van der Waals surface area contributed by atoms with Gasteiger partial charge in [-0.05, 0) is 42.5 Å². The monoisotopic (exact) mass is 395 g/mol. The lowest BCUT2D eigenvalue weighted by Gasteiger charge is -2.37. The molecule has 0 aliphatic carbocycles. The van der Waals surface area contributed by atoms with Crippen LogP contribution < -0.4 is 15.0 Å². The summed E-state index contributed by atoms with van der Waals surface area (Å²) in [5.74, 6) is 0.894. The summed E-state index contributed by atoms with van der Waals surface area (Å²) in [4.78, 5) is 4.46. The minimum absolute atomic E-state index is 0.582. The van der Waals surface area contributed by atoms with Crippen molar-refractivity contribution in [2.45, 2.75) is 0 Å². The number of para-hydroxylation sites is 2. The van der Waals surface area contributed by atoms with Gasteiger partial charge in [0.2, 0.25) is 0 Å². The van der Waals surface area contributed by atoms with E-state index < -0.39 is 0 Å². The first-order valence-electron chi connectivity index (χ1n) is 7.97. The second-order valence-electron chi connectivity index (χ2n) is 5.73. The SMILES string of the molecule is COc1ccccc1N1CCN(C(=S)Nc2cc(Cl)cc(Cl)c2)CC1. The Morgan fingerprint density at radius 2 is 1.68 bits per heavy atom. The van der Waals surface area contributed by atoms with Gasteiger partial charge in [0.15, 0.2) is 5.11 Å². The van der Waals surface area contributed by atoms with E-state index >= 15 is 0 Å². The lowest BCUT2D eigenvalue weighted by atomic mass is 10.2. The highest BCUT2D eigenvalue weighted by Gasteiger charge is 2.21. The Morgan fingerprint density at radius 1 is 1.04 bits per heavy atom. The van der Waals surface area contributed by atoms with E-state index in [1.165, 1.54) is 0 Å². The quantitative estimate of drug-likeness (QED) is 0.771. The molecule has 1 saturated heterocycles. The summed E-state index contributed by atoms with van der Waals surface area (Å²) in [5, 5.41) is 5.06. The highest BCUT2D eigenvalue weighted by atomic mass is 35.5. The second kappa shape index (κ2) is 8.13. The molecule has 0 amide bonds. The summed E-state index contributed by atoms with van der Waals surface area (Å²) in [6, 6.07) is 13.4. The topological polar surface area (TPSA) is 27.7 Å². The molecular weight excluding hydrogens is 377 g/mol. The molecule has 1 aliphatic heterocycles. The van der Waals surface area contributed by atoms with Crippen LogP contribution in [0.2, 0.25) is 10.0 Å². The normalized spacial score (nSPS) is 14.4. The van der Waals surface area contributed by atoms with Crippen molar-refractivity contribution in [3.8, 4) is 5.75 Å². The Bertz CT molecular complexity index is 743. The van der Waals surface area contributed by atoms with Gasteiger partial charge in [0, 0.05) is 41.9 Å². The van der Waals surface area contributed by atoms with Crippen LogP contribution in [0.15, 0.2) is 42.5 Å². The fourth-order valence-electron chi connectivity index (χ4n) is 2.87. The number of ether oxygens (including phenoxy) is 1. The molecule has 0 unspecified atom stereocenters. The summed E-state index contributed by atoms with van der Waals surface area (Å²) in [6.07, 6.45) is 0. The number of anilines is 2. The summed E-state index contributed by atoms with van der Waals surface area (Å²) < 4.78 is 5.46. The number of thiocarbonyl (C=S) groups is 1. The van der Waals surface area contributed by atoms with Crippen LogP contribution in [0.1, 0.15) is 0 Å². The fraction of sp³-hybridized carbons (Fsp3) is 0.278. The van der Waals surface area contributed by atoms with Gasteiger partial charge in [-0.2, -0.15) is 0 Å². The first-order chi connectivity index (χ1) is 12.1. The van der Waals surface area contributed by atoms with Gasteiger partial charge in [0.05, 0.1) is 12.8 Å². The molecule has 3 rings (SSSR count). The van der Waals surface area contributed by atoms with Gasteiger partial charge in [-0.1, -0.05) is 35.3 Å². The Morgan fingerprint density at radius 3 is 2.32 bits per heavy atom. The maximum Gasteiger partial charge on any atom is 0.173 e. The Hall–Kier alpha value is -1.69. The van der Waals surface area contributed by atoms with Crippen LogP contribution in [-0.4, -0.2) is 43.3 Å². The predicted octanol–water partition coefficient (Wildman–Crippen LogP) is 4.52. The molecule has 1 aliphatic rings. The van der Waals surface area contributed by atoms with Gasteiger partial charge in [0.25, 0.3) is 0 Å². The minimum Gasteiger partial charge on any atom is -0.495 e. The fourth-order valence-corrected chi connectivity index (χ4v) is 3.70. The molecule has 0 atom stereocenters. The van der Waals surface area contributed by atoms with Crippen molar-refractivity contribution < 1.29 is 4.74 Å². The molecule has 2 aromatic carbocycles. The molecule has 1 N–H and O–H groups in total. The van der Waals surface area contributed by atoms with E-state index in [9.17, 15) is 0 Å². The molecular formula is C18H19Cl2N3OS. The van der Waals surface area contributed by atoms with Crippen molar-refractivity contribution in [1.82, 2.24) is 4.90 Å². The van der Waals surface area contributed by atoms with Gasteiger partial charge in [-0.15, -0.1) is 0 Å². The van der Waals surface area contributed by atoms with E-state index in [0.29, 0.717) is 15.2 Å². The lowest BCUT2D eigenvalue weighted by molar-refractivity contribution is 0.382. The Labute approximate surface area is 163 Å². The van der Waals surface area contributed by atoms with E-state index in [1.54, 1.807) is 13.2 Å². The maximum atomic E-state index is 6.04. The second-order valence-corrected chi connectivity index (χ2v) is 6.99. The lowest BCUT2D eigenvalue weighted by Crippen LogP contribution is -2.50. The average molecular weight is 396 g/mol. The van der Waals surface area contributed by atoms with Gasteiger partial charge in [-0.3, -0.25) is 0 Å². The van der Waals surface area contributed by atoms with Gasteiger partial charge in [0.1, 0.15) is 5.75 Å². The number of hydrogen-bond acceptors (Lipinski definition) is 3. The summed E-state index contributed by atoms with van der Waals surface area (Å²) >= 11 is 17.6. The largest absolute Gasteiger partial charge is 0.495 e. The number of piperazine rings is 1. The molecule has 1 heterocycles. The molecule has 0 bridgehead atoms. The first kappa shape index (κ1) is 18.1. The van der Waals surface area contributed by atoms with Crippen molar-refractivity contribution >= 4 is 51.9 Å². The minimum atomic E-state index is 0.582. The molecule has 2 aromatic rings. The van der Waals surface area contributed by atoms with Crippen LogP contribution in [0.5, 0.6) is 5.75 Å². The van der Waals surface area contributed by atoms with Crippen LogP contribution in [0.25, 0.3) is 0 Å². The number of halogens is 2. The zero-order chi connectivity index (χ0) is 17.8. The molecule has 0 saturated carbocycles. The smallest absolute Gasteiger partial charge is 0.173 e. The molecule has 25 heavy (non-hydrogen) atoms. The molecule has 0 radical (unpaired) electrons. The van der Waals surface area contributed by atoms with Crippen molar-refractivity contribution in [2.24, 2.45) is 0 Å². The van der Waals surface area contributed by atoms with Crippen molar-refractivity contribution in [3.63, 3.8) is 0 Å². The number of nitrogens with zero attached hydrogens (tertiary/aromatic N) is 2. The number of rotatable bonds is 3. The molecule has 7 heteroatoms. The van der Waals surface area contributed by atoms with Crippen LogP contribution in [0.4, 0.5) is 11.4 Å². The van der Waals surface area contributed by atoms with Gasteiger partial charge >= 0.3 is 0 Å². The van der Waals surface area contributed by atoms with Crippen molar-refractivity contribution in [1.29, 1.82) is 0 Å². The number of benzene rings is 2. The first-order valence-corrected chi connectivity index (χ1v) is 9.13. The number of hydrogen-bond donors (Lipinski definition) is 1. The molecule has 0 aromatic heterocycles. The molecule has 132 valence electrons. The van der Waals surface area contributed by atoms with Gasteiger partial charge < -0.3 is 19.9 Å². The molecule has 1 fully saturated rings. The summed E-state index contributed by atoms with van der Waals surface area (Å²) in [6.45, 7) is 3.41. The van der Waals surface area contributed by atoms with Crippen LogP contribution >= 0.6 is 35.4 Å². The third kappa shape index (κ3) is 4.48. The predicted molar refractivity (Wildman–Crippen MR) is 109 cm³/mol. The van der Waals surface area contributed by atoms with Crippen LogP contribution in [0, 0.1) is 0 Å². The highest BCUT2D eigenvalue weighted by molar-refractivity contribution is 7.80. The standard InChI is InChI=1S/C18H19Cl2N3OS/c1-24-17-5-3-2-4-16(17)22-6-8-23(9-7-22)18(25)21-15-11-13(19)10-14(20)12-15/h2-5,10-12H,6-9H2,1H3,(H,21,25). The summed E-state index contributed by atoms with van der Waals surface area (Å²) in [7, 11) is 1.70. The highest BCUT2D eigenvalue weighted by Crippen LogP contribution is 2.28. The van der Waals surface area contributed by atoms with Crippen molar-refractivity contribution in [2.75, 3.05) is 43.5 Å². The Balaban J connectivity index is 1.61. The maximum absolute atomic E-state index is 6.04. The Kier molecular flexibility index (Phi) is 5.89. The number of methoxy groups -OCH3 is 1. The third-order valence-corrected chi connectivity index (χ3v) is 4.90. The van der Waals surface area contributed by atoms with E-state index in [-0.39, 0.29) is 0 Å². The van der Waals surface area contributed by atoms with Crippen molar-refractivity contribution in [3.05, 3.63) is 52.5 Å². The van der Waals surface area contributed by atoms with Gasteiger partial charge in [-0.25, -0.2) is 0 Å². The molecule has 4 nitrogen and oxygen atoms in total. The van der Waals surface area contributed by atoms with E-state index in [0.717, 1.165) is 43.3 Å².